The molecule has 0 N–H and O–H groups in total. The van der Waals surface area contributed by atoms with Crippen LogP contribution in [-0.4, -0.2) is 47.7 Å². The SMILES string of the molecule is Cc1cccc2sc(N3CCN(C(=O)CSCc4ccccc4)CC3)nc12. The van der Waals surface area contributed by atoms with Crippen molar-refractivity contribution in [2.75, 3.05) is 36.8 Å². The number of para-hydroxylation sites is 1. The van der Waals surface area contributed by atoms with Gasteiger partial charge in [0, 0.05) is 31.9 Å². The monoisotopic (exact) mass is 397 g/mol. The van der Waals surface area contributed by atoms with Crippen LogP contribution in [0.25, 0.3) is 10.2 Å². The maximum atomic E-state index is 12.5. The highest BCUT2D eigenvalue weighted by atomic mass is 32.2. The molecule has 0 atom stereocenters. The first kappa shape index (κ1) is 18.3. The van der Waals surface area contributed by atoms with E-state index in [9.17, 15) is 4.79 Å². The number of hydrogen-bond donors (Lipinski definition) is 0. The molecule has 27 heavy (non-hydrogen) atoms. The first-order valence-corrected chi connectivity index (χ1v) is 11.2. The fraction of sp³-hybridized carbons (Fsp3) is 0.333. The predicted molar refractivity (Wildman–Crippen MR) is 116 cm³/mol. The van der Waals surface area contributed by atoms with Crippen molar-refractivity contribution in [2.24, 2.45) is 0 Å². The van der Waals surface area contributed by atoms with Gasteiger partial charge in [-0.15, -0.1) is 11.8 Å². The van der Waals surface area contributed by atoms with Crippen LogP contribution >= 0.6 is 23.1 Å². The Morgan fingerprint density at radius 1 is 1.07 bits per heavy atom. The lowest BCUT2D eigenvalue weighted by Gasteiger charge is -2.34. The summed E-state index contributed by atoms with van der Waals surface area (Å²) in [7, 11) is 0. The standard InChI is InChI=1S/C21H23N3OS2/c1-16-6-5-9-18-20(16)22-21(27-18)24-12-10-23(11-13-24)19(25)15-26-14-17-7-3-2-4-8-17/h2-9H,10-15H2,1H3. The Kier molecular flexibility index (Phi) is 5.64. The number of anilines is 1. The van der Waals surface area contributed by atoms with E-state index in [4.69, 9.17) is 4.98 Å². The number of rotatable bonds is 5. The summed E-state index contributed by atoms with van der Waals surface area (Å²) >= 11 is 3.44. The van der Waals surface area contributed by atoms with E-state index in [2.05, 4.69) is 42.2 Å². The molecule has 1 fully saturated rings. The van der Waals surface area contributed by atoms with Gasteiger partial charge in [0.15, 0.2) is 5.13 Å². The van der Waals surface area contributed by atoms with Gasteiger partial charge in [-0.25, -0.2) is 4.98 Å². The summed E-state index contributed by atoms with van der Waals surface area (Å²) in [6.45, 7) is 5.37. The van der Waals surface area contributed by atoms with E-state index < -0.39 is 0 Å². The summed E-state index contributed by atoms with van der Waals surface area (Å²) in [6, 6.07) is 16.6. The zero-order valence-electron chi connectivity index (χ0n) is 15.4. The third-order valence-corrected chi connectivity index (χ3v) is 6.92. The van der Waals surface area contributed by atoms with Crippen LogP contribution in [0.3, 0.4) is 0 Å². The maximum Gasteiger partial charge on any atom is 0.232 e. The molecule has 1 saturated heterocycles. The average molecular weight is 398 g/mol. The molecule has 1 aliphatic heterocycles. The minimum Gasteiger partial charge on any atom is -0.345 e. The zero-order valence-corrected chi connectivity index (χ0v) is 17.1. The Balaban J connectivity index is 1.29. The van der Waals surface area contributed by atoms with Crippen LogP contribution in [0, 0.1) is 6.92 Å². The fourth-order valence-electron chi connectivity index (χ4n) is 3.28. The first-order chi connectivity index (χ1) is 13.2. The van der Waals surface area contributed by atoms with E-state index in [-0.39, 0.29) is 5.91 Å². The Morgan fingerprint density at radius 3 is 2.59 bits per heavy atom. The van der Waals surface area contributed by atoms with Crippen molar-refractivity contribution < 1.29 is 4.79 Å². The molecule has 2 heterocycles. The number of aromatic nitrogens is 1. The number of benzene rings is 2. The first-order valence-electron chi connectivity index (χ1n) is 9.21. The van der Waals surface area contributed by atoms with E-state index in [1.54, 1.807) is 23.1 Å². The minimum absolute atomic E-state index is 0.246. The van der Waals surface area contributed by atoms with E-state index in [0.29, 0.717) is 5.75 Å². The Morgan fingerprint density at radius 2 is 1.85 bits per heavy atom. The largest absolute Gasteiger partial charge is 0.345 e. The van der Waals surface area contributed by atoms with Gasteiger partial charge in [0.25, 0.3) is 0 Å². The molecular formula is C21H23N3OS2. The van der Waals surface area contributed by atoms with Gasteiger partial charge in [0.05, 0.1) is 16.0 Å². The molecular weight excluding hydrogens is 374 g/mol. The van der Waals surface area contributed by atoms with Gasteiger partial charge in [-0.3, -0.25) is 4.79 Å². The van der Waals surface area contributed by atoms with Crippen LogP contribution < -0.4 is 4.90 Å². The number of carbonyl (C=O) groups is 1. The summed E-state index contributed by atoms with van der Waals surface area (Å²) in [5, 5.41) is 1.07. The van der Waals surface area contributed by atoms with Crippen molar-refractivity contribution >= 4 is 44.4 Å². The lowest BCUT2D eigenvalue weighted by molar-refractivity contribution is -0.128. The molecule has 0 saturated carbocycles. The predicted octanol–water partition coefficient (Wildman–Crippen LogP) is 4.19. The molecule has 2 aromatic carbocycles. The number of thioether (sulfide) groups is 1. The van der Waals surface area contributed by atoms with Crippen molar-refractivity contribution in [3.63, 3.8) is 0 Å². The average Bonchev–Trinajstić information content (AvgIpc) is 3.15. The van der Waals surface area contributed by atoms with E-state index >= 15 is 0 Å². The van der Waals surface area contributed by atoms with Crippen LogP contribution in [0.4, 0.5) is 5.13 Å². The molecule has 3 aromatic rings. The Hall–Kier alpha value is -2.05. The smallest absolute Gasteiger partial charge is 0.232 e. The summed E-state index contributed by atoms with van der Waals surface area (Å²) < 4.78 is 1.24. The second kappa shape index (κ2) is 8.31. The highest BCUT2D eigenvalue weighted by molar-refractivity contribution is 7.99. The van der Waals surface area contributed by atoms with Crippen molar-refractivity contribution in [1.29, 1.82) is 0 Å². The van der Waals surface area contributed by atoms with Gasteiger partial charge < -0.3 is 9.80 Å². The lowest BCUT2D eigenvalue weighted by atomic mass is 10.2. The van der Waals surface area contributed by atoms with Crippen LogP contribution in [-0.2, 0) is 10.5 Å². The zero-order chi connectivity index (χ0) is 18.6. The topological polar surface area (TPSA) is 36.4 Å². The van der Waals surface area contributed by atoms with Gasteiger partial charge in [-0.1, -0.05) is 53.8 Å². The lowest BCUT2D eigenvalue weighted by Crippen LogP contribution is -2.49. The van der Waals surface area contributed by atoms with Crippen LogP contribution in [0.1, 0.15) is 11.1 Å². The molecule has 1 aromatic heterocycles. The van der Waals surface area contributed by atoms with Crippen LogP contribution in [0.2, 0.25) is 0 Å². The molecule has 0 unspecified atom stereocenters. The fourth-order valence-corrected chi connectivity index (χ4v) is 5.26. The van der Waals surface area contributed by atoms with Gasteiger partial charge in [0.2, 0.25) is 5.91 Å². The quantitative estimate of drug-likeness (QED) is 0.647. The van der Waals surface area contributed by atoms with Gasteiger partial charge in [0.1, 0.15) is 0 Å². The Bertz CT molecular complexity index is 918. The van der Waals surface area contributed by atoms with Crippen molar-refractivity contribution in [3.8, 4) is 0 Å². The summed E-state index contributed by atoms with van der Waals surface area (Å²) in [6.07, 6.45) is 0. The number of amides is 1. The molecule has 140 valence electrons. The summed E-state index contributed by atoms with van der Waals surface area (Å²) in [5.41, 5.74) is 3.60. The van der Waals surface area contributed by atoms with E-state index in [1.807, 2.05) is 23.1 Å². The second-order valence-corrected chi connectivity index (χ2v) is 8.76. The van der Waals surface area contributed by atoms with Crippen molar-refractivity contribution in [1.82, 2.24) is 9.88 Å². The van der Waals surface area contributed by atoms with Crippen LogP contribution in [0.15, 0.2) is 48.5 Å². The number of fused-ring (bicyclic) bond motifs is 1. The van der Waals surface area contributed by atoms with Gasteiger partial charge in [-0.05, 0) is 24.1 Å². The molecule has 4 rings (SSSR count). The number of hydrogen-bond acceptors (Lipinski definition) is 5. The van der Waals surface area contributed by atoms with E-state index in [0.717, 1.165) is 42.6 Å². The highest BCUT2D eigenvalue weighted by Gasteiger charge is 2.23. The highest BCUT2D eigenvalue weighted by Crippen LogP contribution is 2.31. The third kappa shape index (κ3) is 4.28. The van der Waals surface area contributed by atoms with Crippen molar-refractivity contribution in [2.45, 2.75) is 12.7 Å². The van der Waals surface area contributed by atoms with Gasteiger partial charge >= 0.3 is 0 Å². The molecule has 0 spiro atoms. The second-order valence-electron chi connectivity index (χ2n) is 6.76. The summed E-state index contributed by atoms with van der Waals surface area (Å²) in [5.74, 6) is 1.68. The molecule has 0 radical (unpaired) electrons. The molecule has 4 nitrogen and oxygen atoms in total. The normalized spacial score (nSPS) is 14.7. The number of nitrogens with zero attached hydrogens (tertiary/aromatic N) is 3. The number of thiazole rings is 1. The molecule has 1 aliphatic rings. The third-order valence-electron chi connectivity index (χ3n) is 4.85. The number of carbonyl (C=O) groups excluding carboxylic acids is 1. The maximum absolute atomic E-state index is 12.5. The molecule has 6 heteroatoms. The number of aryl methyl sites for hydroxylation is 1. The minimum atomic E-state index is 0.246. The van der Waals surface area contributed by atoms with Crippen LogP contribution in [0.5, 0.6) is 0 Å². The van der Waals surface area contributed by atoms with E-state index in [1.165, 1.54) is 15.8 Å². The number of piperazine rings is 1. The Labute approximate surface area is 168 Å². The summed E-state index contributed by atoms with van der Waals surface area (Å²) in [4.78, 5) is 21.6. The van der Waals surface area contributed by atoms with Gasteiger partial charge in [-0.2, -0.15) is 0 Å². The van der Waals surface area contributed by atoms with Crippen molar-refractivity contribution in [3.05, 3.63) is 59.7 Å². The molecule has 0 bridgehead atoms. The molecule has 0 aliphatic carbocycles. The molecule has 1 amide bonds.